The van der Waals surface area contributed by atoms with Crippen LogP contribution < -0.4 is 16.0 Å². The highest BCUT2D eigenvalue weighted by Gasteiger charge is 2.32. The zero-order valence-electron chi connectivity index (χ0n) is 16.3. The third-order valence-corrected chi connectivity index (χ3v) is 6.23. The summed E-state index contributed by atoms with van der Waals surface area (Å²) in [6.07, 6.45) is 4.57. The van der Waals surface area contributed by atoms with Crippen molar-refractivity contribution >= 4 is 34.3 Å². The highest BCUT2D eigenvalue weighted by atomic mass is 32.2. The molecule has 1 unspecified atom stereocenters. The lowest BCUT2D eigenvalue weighted by molar-refractivity contribution is 0.102. The van der Waals surface area contributed by atoms with Crippen LogP contribution in [0.2, 0.25) is 0 Å². The van der Waals surface area contributed by atoms with Gasteiger partial charge in [0.05, 0.1) is 11.1 Å². The van der Waals surface area contributed by atoms with Crippen molar-refractivity contribution in [2.75, 3.05) is 29.1 Å². The maximum atomic E-state index is 14.6. The number of thioether (sulfide) groups is 1. The Balaban J connectivity index is 1.61. The molecular weight excluding hydrogens is 389 g/mol. The number of benzene rings is 1. The second kappa shape index (κ2) is 8.02. The fourth-order valence-corrected chi connectivity index (χ4v) is 4.82. The number of hydrogen-bond donors (Lipinski definition) is 2. The number of anilines is 2. The second-order valence-corrected chi connectivity index (χ2v) is 8.66. The maximum absolute atomic E-state index is 14.6. The molecule has 1 saturated heterocycles. The molecule has 6 nitrogen and oxygen atoms in total. The van der Waals surface area contributed by atoms with Gasteiger partial charge in [0.1, 0.15) is 11.6 Å². The molecule has 1 atom stereocenters. The van der Waals surface area contributed by atoms with Gasteiger partial charge in [-0.2, -0.15) is 0 Å². The van der Waals surface area contributed by atoms with E-state index in [1.165, 1.54) is 17.8 Å². The van der Waals surface area contributed by atoms with Gasteiger partial charge in [-0.3, -0.25) is 9.79 Å². The molecule has 0 radical (unpaired) electrons. The Morgan fingerprint density at radius 1 is 1.31 bits per heavy atom. The van der Waals surface area contributed by atoms with Gasteiger partial charge in [0.25, 0.3) is 5.91 Å². The standard InChI is InChI=1S/C21H24FN5OS/c1-21(8-12-29-20(23)26-21)16-13-14(6-7-17(16)22)25-19(28)15-5-4-9-24-18(15)27-10-2-3-11-27/h4-7,9,13H,2-3,8,10-12H2,1H3,(H2,23,26)(H,25,28). The number of aliphatic imine (C=N–C) groups is 1. The second-order valence-electron chi connectivity index (χ2n) is 7.54. The fourth-order valence-electron chi connectivity index (χ4n) is 3.85. The van der Waals surface area contributed by atoms with Crippen molar-refractivity contribution in [2.45, 2.75) is 31.7 Å². The molecule has 0 aliphatic carbocycles. The molecule has 2 aliphatic heterocycles. The van der Waals surface area contributed by atoms with Crippen LogP contribution in [0.1, 0.15) is 42.1 Å². The van der Waals surface area contributed by atoms with Gasteiger partial charge in [0.2, 0.25) is 0 Å². The first kappa shape index (κ1) is 19.7. The molecule has 0 saturated carbocycles. The molecule has 0 bridgehead atoms. The largest absolute Gasteiger partial charge is 0.379 e. The predicted octanol–water partition coefficient (Wildman–Crippen LogP) is 3.74. The highest BCUT2D eigenvalue weighted by Crippen LogP contribution is 2.37. The topological polar surface area (TPSA) is 83.6 Å². The number of pyridine rings is 1. The third-order valence-electron chi connectivity index (χ3n) is 5.44. The number of carbonyl (C=O) groups is 1. The molecule has 1 aromatic carbocycles. The summed E-state index contributed by atoms with van der Waals surface area (Å²) < 4.78 is 14.6. The average Bonchev–Trinajstić information content (AvgIpc) is 3.24. The van der Waals surface area contributed by atoms with Crippen LogP contribution in [-0.2, 0) is 5.54 Å². The van der Waals surface area contributed by atoms with E-state index in [-0.39, 0.29) is 11.7 Å². The summed E-state index contributed by atoms with van der Waals surface area (Å²) in [6, 6.07) is 8.12. The molecule has 0 spiro atoms. The van der Waals surface area contributed by atoms with E-state index >= 15 is 0 Å². The van der Waals surface area contributed by atoms with Crippen LogP contribution in [0.25, 0.3) is 0 Å². The first-order valence-corrected chi connectivity index (χ1v) is 10.7. The van der Waals surface area contributed by atoms with Crippen LogP contribution in [0, 0.1) is 5.82 Å². The van der Waals surface area contributed by atoms with E-state index in [0.717, 1.165) is 31.7 Å². The summed E-state index contributed by atoms with van der Waals surface area (Å²) in [5.41, 5.74) is 6.61. The molecule has 3 N–H and O–H groups in total. The van der Waals surface area contributed by atoms with E-state index in [2.05, 4.69) is 20.2 Å². The van der Waals surface area contributed by atoms with Gasteiger partial charge in [-0.25, -0.2) is 9.37 Å². The smallest absolute Gasteiger partial charge is 0.259 e. The predicted molar refractivity (Wildman–Crippen MR) is 116 cm³/mol. The monoisotopic (exact) mass is 413 g/mol. The molecule has 1 fully saturated rings. The van der Waals surface area contributed by atoms with Gasteiger partial charge >= 0.3 is 0 Å². The van der Waals surface area contributed by atoms with Crippen LogP contribution in [0.5, 0.6) is 0 Å². The van der Waals surface area contributed by atoms with Gasteiger partial charge in [-0.05, 0) is 56.5 Å². The number of halogens is 1. The molecule has 152 valence electrons. The molecule has 29 heavy (non-hydrogen) atoms. The first-order chi connectivity index (χ1) is 14.0. The van der Waals surface area contributed by atoms with Crippen molar-refractivity contribution in [1.82, 2.24) is 4.98 Å². The van der Waals surface area contributed by atoms with E-state index in [9.17, 15) is 9.18 Å². The number of aromatic nitrogens is 1. The highest BCUT2D eigenvalue weighted by molar-refractivity contribution is 8.13. The third kappa shape index (κ3) is 4.07. The first-order valence-electron chi connectivity index (χ1n) is 9.76. The quantitative estimate of drug-likeness (QED) is 0.798. The molecule has 2 aliphatic rings. The number of nitrogens with one attached hydrogen (secondary N) is 1. The van der Waals surface area contributed by atoms with E-state index < -0.39 is 5.54 Å². The van der Waals surface area contributed by atoms with Gasteiger partial charge in [-0.15, -0.1) is 0 Å². The fraction of sp³-hybridized carbons (Fsp3) is 0.381. The van der Waals surface area contributed by atoms with Crippen LogP contribution in [-0.4, -0.2) is 34.9 Å². The average molecular weight is 414 g/mol. The Bertz CT molecular complexity index is 960. The number of amidine groups is 1. The van der Waals surface area contributed by atoms with Crippen LogP contribution in [0.4, 0.5) is 15.9 Å². The van der Waals surface area contributed by atoms with E-state index in [1.54, 1.807) is 30.5 Å². The summed E-state index contributed by atoms with van der Waals surface area (Å²) in [5, 5.41) is 3.36. The zero-order chi connectivity index (χ0) is 20.4. The van der Waals surface area contributed by atoms with Gasteiger partial charge < -0.3 is 16.0 Å². The Morgan fingerprint density at radius 3 is 2.86 bits per heavy atom. The maximum Gasteiger partial charge on any atom is 0.259 e. The van der Waals surface area contributed by atoms with Crippen LogP contribution >= 0.6 is 11.8 Å². The minimum Gasteiger partial charge on any atom is -0.379 e. The normalized spacial score (nSPS) is 21.7. The summed E-state index contributed by atoms with van der Waals surface area (Å²) in [4.78, 5) is 24.0. The number of nitrogens with two attached hydrogens (primary N) is 1. The van der Waals surface area contributed by atoms with Crippen molar-refractivity contribution in [3.8, 4) is 0 Å². The molecule has 2 aromatic rings. The lowest BCUT2D eigenvalue weighted by Gasteiger charge is -2.30. The van der Waals surface area contributed by atoms with Gasteiger partial charge in [-0.1, -0.05) is 11.8 Å². The Morgan fingerprint density at radius 2 is 2.10 bits per heavy atom. The summed E-state index contributed by atoms with van der Waals surface area (Å²) in [7, 11) is 0. The minimum atomic E-state index is -0.741. The van der Waals surface area contributed by atoms with Crippen molar-refractivity contribution in [1.29, 1.82) is 0 Å². The lowest BCUT2D eigenvalue weighted by atomic mass is 9.89. The Kier molecular flexibility index (Phi) is 5.45. The zero-order valence-corrected chi connectivity index (χ0v) is 17.1. The van der Waals surface area contributed by atoms with Crippen molar-refractivity contribution in [3.63, 3.8) is 0 Å². The molecule has 1 amide bonds. The van der Waals surface area contributed by atoms with E-state index in [1.807, 2.05) is 6.92 Å². The Labute approximate surface area is 173 Å². The number of nitrogens with zero attached hydrogens (tertiary/aromatic N) is 3. The van der Waals surface area contributed by atoms with Gasteiger partial charge in [0.15, 0.2) is 5.17 Å². The number of rotatable bonds is 4. The SMILES string of the molecule is CC1(c2cc(NC(=O)c3cccnc3N3CCCC3)ccc2F)CCSC(N)=N1. The van der Waals surface area contributed by atoms with Crippen LogP contribution in [0.3, 0.4) is 0 Å². The summed E-state index contributed by atoms with van der Waals surface area (Å²) in [6.45, 7) is 3.66. The van der Waals surface area contributed by atoms with E-state index in [0.29, 0.717) is 34.2 Å². The molecule has 1 aromatic heterocycles. The van der Waals surface area contributed by atoms with Crippen LogP contribution in [0.15, 0.2) is 41.5 Å². The lowest BCUT2D eigenvalue weighted by Crippen LogP contribution is -2.30. The number of carbonyl (C=O) groups excluding carboxylic acids is 1. The minimum absolute atomic E-state index is 0.259. The van der Waals surface area contributed by atoms with Gasteiger partial charge in [0, 0.05) is 36.3 Å². The summed E-state index contributed by atoms with van der Waals surface area (Å²) in [5.74, 6) is 0.855. The van der Waals surface area contributed by atoms with E-state index in [4.69, 9.17) is 5.73 Å². The summed E-state index contributed by atoms with van der Waals surface area (Å²) >= 11 is 1.47. The van der Waals surface area contributed by atoms with Crippen molar-refractivity contribution in [2.24, 2.45) is 10.7 Å². The number of hydrogen-bond acceptors (Lipinski definition) is 6. The number of amides is 1. The molecule has 3 heterocycles. The molecular formula is C21H24FN5OS. The van der Waals surface area contributed by atoms with Crippen molar-refractivity contribution < 1.29 is 9.18 Å². The molecule has 4 rings (SSSR count). The molecule has 8 heteroatoms. The van der Waals surface area contributed by atoms with Crippen molar-refractivity contribution in [3.05, 3.63) is 53.5 Å². The Hall–Kier alpha value is -2.61.